The zero-order valence-corrected chi connectivity index (χ0v) is 16.4. The van der Waals surface area contributed by atoms with Gasteiger partial charge in [0, 0.05) is 6.54 Å². The first-order chi connectivity index (χ1) is 13.2. The summed E-state index contributed by atoms with van der Waals surface area (Å²) in [6.45, 7) is 4.83. The Morgan fingerprint density at radius 1 is 1.14 bits per heavy atom. The Labute approximate surface area is 165 Å². The average molecular weight is 399 g/mol. The number of terminal acetylenes is 2. The van der Waals surface area contributed by atoms with Crippen LogP contribution in [0.5, 0.6) is 0 Å². The fourth-order valence-electron chi connectivity index (χ4n) is 2.47. The summed E-state index contributed by atoms with van der Waals surface area (Å²) in [5.74, 6) is 4.63. The smallest absolute Gasteiger partial charge is 0.407 e. The molecule has 3 N–H and O–H groups in total. The van der Waals surface area contributed by atoms with Crippen LogP contribution in [0.3, 0.4) is 0 Å². The van der Waals surface area contributed by atoms with E-state index in [2.05, 4.69) is 17.2 Å². The van der Waals surface area contributed by atoms with E-state index in [9.17, 15) is 15.0 Å². The highest BCUT2D eigenvalue weighted by Gasteiger charge is 2.47. The second-order valence-corrected chi connectivity index (χ2v) is 6.98. The minimum absolute atomic E-state index is 0.0515. The quantitative estimate of drug-likeness (QED) is 0.356. The lowest BCUT2D eigenvalue weighted by atomic mass is 9.98. The van der Waals surface area contributed by atoms with Gasteiger partial charge in [0.2, 0.25) is 0 Å². The van der Waals surface area contributed by atoms with Gasteiger partial charge in [-0.1, -0.05) is 11.8 Å². The van der Waals surface area contributed by atoms with E-state index in [0.29, 0.717) is 0 Å². The number of amides is 1. The first-order valence-corrected chi connectivity index (χ1v) is 8.86. The molecule has 1 aliphatic rings. The fourth-order valence-corrected chi connectivity index (χ4v) is 2.47. The zero-order valence-electron chi connectivity index (χ0n) is 16.4. The lowest BCUT2D eigenvalue weighted by Crippen LogP contribution is -2.61. The number of carbonyl (C=O) groups is 1. The molecule has 9 heteroatoms. The van der Waals surface area contributed by atoms with Crippen LogP contribution < -0.4 is 5.32 Å². The predicted octanol–water partition coefficient (Wildman–Crippen LogP) is -0.357. The van der Waals surface area contributed by atoms with Crippen LogP contribution in [0.4, 0.5) is 4.79 Å². The van der Waals surface area contributed by atoms with Crippen molar-refractivity contribution in [2.24, 2.45) is 0 Å². The van der Waals surface area contributed by atoms with Crippen molar-refractivity contribution in [3.8, 4) is 24.7 Å². The van der Waals surface area contributed by atoms with E-state index >= 15 is 0 Å². The molecule has 0 radical (unpaired) electrons. The average Bonchev–Trinajstić information content (AvgIpc) is 2.62. The van der Waals surface area contributed by atoms with E-state index in [-0.39, 0.29) is 26.4 Å². The van der Waals surface area contributed by atoms with Gasteiger partial charge in [-0.25, -0.2) is 4.79 Å². The molecule has 1 aliphatic heterocycles. The van der Waals surface area contributed by atoms with E-state index in [0.717, 1.165) is 0 Å². The summed E-state index contributed by atoms with van der Waals surface area (Å²) in [5, 5.41) is 22.4. The molecule has 0 bridgehead atoms. The third-order valence-electron chi connectivity index (χ3n) is 3.57. The number of aliphatic hydroxyl groups is 2. The second-order valence-electron chi connectivity index (χ2n) is 6.98. The van der Waals surface area contributed by atoms with Crippen LogP contribution in [0.2, 0.25) is 0 Å². The van der Waals surface area contributed by atoms with E-state index in [1.54, 1.807) is 20.8 Å². The maximum Gasteiger partial charge on any atom is 0.407 e. The SMILES string of the molecule is C#CCO[C@@H]1[C@@H](OCCNC(=O)OC(C)(C)C)O[C@H](CO)[C@@H](O)[C@@H]1OCC#C. The highest BCUT2D eigenvalue weighted by Crippen LogP contribution is 2.26. The Bertz CT molecular complexity index is 562. The lowest BCUT2D eigenvalue weighted by Gasteiger charge is -2.43. The van der Waals surface area contributed by atoms with E-state index in [1.165, 1.54) is 0 Å². The largest absolute Gasteiger partial charge is 0.444 e. The van der Waals surface area contributed by atoms with Gasteiger partial charge in [0.25, 0.3) is 0 Å². The number of ether oxygens (including phenoxy) is 5. The molecule has 0 unspecified atom stereocenters. The molecule has 28 heavy (non-hydrogen) atoms. The molecule has 1 heterocycles. The Morgan fingerprint density at radius 2 is 1.75 bits per heavy atom. The number of aliphatic hydroxyl groups excluding tert-OH is 2. The molecule has 0 saturated carbocycles. The van der Waals surface area contributed by atoms with Crippen molar-refractivity contribution in [3.05, 3.63) is 0 Å². The van der Waals surface area contributed by atoms with Crippen molar-refractivity contribution in [2.75, 3.05) is 33.0 Å². The molecule has 1 rings (SSSR count). The van der Waals surface area contributed by atoms with Crippen LogP contribution in [-0.4, -0.2) is 85.6 Å². The van der Waals surface area contributed by atoms with E-state index in [4.69, 9.17) is 36.5 Å². The third-order valence-corrected chi connectivity index (χ3v) is 3.57. The standard InChI is InChI=1S/C19H29NO8/c1-6-9-24-15-14(22)13(12-21)27-17(16(15)25-10-7-2)26-11-8-20-18(23)28-19(3,4)5/h1-2,13-17,21-22H,8-12H2,3-5H3,(H,20,23)/t13-,14-,15+,16+,17+/m1/s1. The molecular weight excluding hydrogens is 370 g/mol. The first-order valence-electron chi connectivity index (χ1n) is 8.86. The van der Waals surface area contributed by atoms with Gasteiger partial charge in [-0.15, -0.1) is 12.8 Å². The van der Waals surface area contributed by atoms with Crippen LogP contribution in [0, 0.1) is 24.7 Å². The van der Waals surface area contributed by atoms with Gasteiger partial charge in [-0.2, -0.15) is 0 Å². The summed E-state index contributed by atoms with van der Waals surface area (Å²) in [6, 6.07) is 0. The predicted molar refractivity (Wildman–Crippen MR) is 99.1 cm³/mol. The number of hydrogen-bond acceptors (Lipinski definition) is 8. The summed E-state index contributed by atoms with van der Waals surface area (Å²) in [4.78, 5) is 11.7. The highest BCUT2D eigenvalue weighted by atomic mass is 16.7. The van der Waals surface area contributed by atoms with Crippen LogP contribution in [-0.2, 0) is 23.7 Å². The Morgan fingerprint density at radius 3 is 2.29 bits per heavy atom. The number of alkyl carbamates (subject to hydrolysis) is 1. The number of hydrogen-bond donors (Lipinski definition) is 3. The van der Waals surface area contributed by atoms with Gasteiger partial charge in [0.1, 0.15) is 43.2 Å². The molecule has 0 aromatic heterocycles. The molecule has 5 atom stereocenters. The number of rotatable bonds is 9. The van der Waals surface area contributed by atoms with Gasteiger partial charge in [0.15, 0.2) is 6.29 Å². The second kappa shape index (κ2) is 11.9. The van der Waals surface area contributed by atoms with Crippen molar-refractivity contribution in [1.82, 2.24) is 5.32 Å². The Hall–Kier alpha value is -1.85. The topological polar surface area (TPSA) is 116 Å². The van der Waals surface area contributed by atoms with Crippen molar-refractivity contribution < 1.29 is 38.7 Å². The summed E-state index contributed by atoms with van der Waals surface area (Å²) in [7, 11) is 0. The minimum atomic E-state index is -1.19. The molecule has 1 amide bonds. The molecule has 0 aromatic carbocycles. The molecular formula is C19H29NO8. The monoisotopic (exact) mass is 399 g/mol. The van der Waals surface area contributed by atoms with Crippen LogP contribution >= 0.6 is 0 Å². The first kappa shape index (κ1) is 24.2. The van der Waals surface area contributed by atoms with E-state index < -0.39 is 49.0 Å². The molecule has 1 saturated heterocycles. The Balaban J connectivity index is 2.69. The van der Waals surface area contributed by atoms with Crippen molar-refractivity contribution in [2.45, 2.75) is 57.1 Å². The lowest BCUT2D eigenvalue weighted by molar-refractivity contribution is -0.312. The fraction of sp³-hybridized carbons (Fsp3) is 0.737. The maximum absolute atomic E-state index is 11.7. The van der Waals surface area contributed by atoms with Crippen molar-refractivity contribution in [3.63, 3.8) is 0 Å². The van der Waals surface area contributed by atoms with Gasteiger partial charge in [0.05, 0.1) is 13.2 Å². The third kappa shape index (κ3) is 8.03. The molecule has 9 nitrogen and oxygen atoms in total. The Kier molecular flexibility index (Phi) is 10.3. The number of carbonyl (C=O) groups excluding carboxylic acids is 1. The number of nitrogens with one attached hydrogen (secondary N) is 1. The highest BCUT2D eigenvalue weighted by molar-refractivity contribution is 5.67. The summed E-state index contributed by atoms with van der Waals surface area (Å²) in [5.41, 5.74) is -0.613. The van der Waals surface area contributed by atoms with Gasteiger partial charge >= 0.3 is 6.09 Å². The van der Waals surface area contributed by atoms with Gasteiger partial charge in [-0.05, 0) is 20.8 Å². The van der Waals surface area contributed by atoms with Gasteiger partial charge < -0.3 is 39.2 Å². The summed E-state index contributed by atoms with van der Waals surface area (Å²) in [6.07, 6.45) is 4.91. The van der Waals surface area contributed by atoms with Crippen LogP contribution in [0.1, 0.15) is 20.8 Å². The summed E-state index contributed by atoms with van der Waals surface area (Å²) < 4.78 is 27.3. The zero-order chi connectivity index (χ0) is 21.2. The minimum Gasteiger partial charge on any atom is -0.444 e. The molecule has 0 spiro atoms. The van der Waals surface area contributed by atoms with Gasteiger partial charge in [-0.3, -0.25) is 0 Å². The molecule has 0 aliphatic carbocycles. The maximum atomic E-state index is 11.7. The molecule has 1 fully saturated rings. The summed E-state index contributed by atoms with van der Waals surface area (Å²) >= 11 is 0. The van der Waals surface area contributed by atoms with Crippen LogP contribution in [0.25, 0.3) is 0 Å². The molecule has 158 valence electrons. The van der Waals surface area contributed by atoms with Crippen LogP contribution in [0.15, 0.2) is 0 Å². The van der Waals surface area contributed by atoms with Crippen molar-refractivity contribution >= 4 is 6.09 Å². The van der Waals surface area contributed by atoms with E-state index in [1.807, 2.05) is 0 Å². The molecule has 0 aromatic rings. The van der Waals surface area contributed by atoms with Crippen molar-refractivity contribution in [1.29, 1.82) is 0 Å². The normalized spacial score (nSPS) is 27.5.